The summed E-state index contributed by atoms with van der Waals surface area (Å²) in [5, 5.41) is 10.0. The smallest absolute Gasteiger partial charge is 0.407 e. The summed E-state index contributed by atoms with van der Waals surface area (Å²) in [6.07, 6.45) is 0.367. The van der Waals surface area contributed by atoms with Gasteiger partial charge < -0.3 is 41.2 Å². The number of alkyl carbamates (subject to hydrolysis) is 1. The third kappa shape index (κ3) is 17.6. The Bertz CT molecular complexity index is 1330. The molecule has 262 valence electrons. The number of esters is 2. The van der Waals surface area contributed by atoms with Crippen molar-refractivity contribution in [2.75, 3.05) is 19.6 Å². The van der Waals surface area contributed by atoms with Gasteiger partial charge in [-0.05, 0) is 57.6 Å². The van der Waals surface area contributed by atoms with Gasteiger partial charge in [0.25, 0.3) is 0 Å². The molecule has 0 heterocycles. The summed E-state index contributed by atoms with van der Waals surface area (Å²) in [5.74, 6) is -3.24. The minimum Gasteiger partial charge on any atom is -0.460 e. The lowest BCUT2D eigenvalue weighted by molar-refractivity contribution is -0.145. The van der Waals surface area contributed by atoms with Crippen LogP contribution in [0.25, 0.3) is 0 Å². The average molecular weight is 670 g/mol. The topological polar surface area (TPSA) is 204 Å². The summed E-state index contributed by atoms with van der Waals surface area (Å²) in [7, 11) is 0. The molecule has 2 unspecified atom stereocenters. The molecule has 14 nitrogen and oxygen atoms in total. The first-order valence-corrected chi connectivity index (χ1v) is 15.8. The number of benzene rings is 2. The highest BCUT2D eigenvalue weighted by Crippen LogP contribution is 2.07. The molecule has 0 aliphatic heterocycles. The molecule has 0 aliphatic rings. The zero-order valence-corrected chi connectivity index (χ0v) is 27.8. The maximum atomic E-state index is 13.0. The Kier molecular flexibility index (Phi) is 17.2. The fraction of sp³-hybridized carbons (Fsp3) is 0.471. The van der Waals surface area contributed by atoms with Gasteiger partial charge in [-0.3, -0.25) is 24.0 Å². The molecule has 2 rings (SSSR count). The molecule has 2 atom stereocenters. The van der Waals surface area contributed by atoms with Gasteiger partial charge in [0.05, 0.1) is 6.04 Å². The number of nitrogens with one attached hydrogen (secondary N) is 4. The fourth-order valence-electron chi connectivity index (χ4n) is 4.07. The molecule has 4 amide bonds. The highest BCUT2D eigenvalue weighted by Gasteiger charge is 2.25. The highest BCUT2D eigenvalue weighted by atomic mass is 16.6. The lowest BCUT2D eigenvalue weighted by atomic mass is 10.1. The maximum absolute atomic E-state index is 13.0. The molecule has 0 saturated carbocycles. The highest BCUT2D eigenvalue weighted by molar-refractivity contribution is 5.91. The standard InChI is InChI=1S/C34H47N5O9/c1-34(2,3)48-33(45)36-19-11-10-16-26(35)31(43)39-27(32(44)38-21-30(42)47-23-25-14-8-5-9-15-25)17-18-28(40)37-20-29(41)46-22-24-12-6-4-7-13-24/h4-9,12-15,26-27H,10-11,16-23,35H2,1-3H3,(H,36,45)(H,37,40)(H,38,44)(H,39,43). The monoisotopic (exact) mass is 669 g/mol. The van der Waals surface area contributed by atoms with Crippen molar-refractivity contribution < 1.29 is 43.0 Å². The second kappa shape index (κ2) is 21.0. The molecule has 48 heavy (non-hydrogen) atoms. The number of ether oxygens (including phenoxy) is 3. The third-order valence-electron chi connectivity index (χ3n) is 6.56. The summed E-state index contributed by atoms with van der Waals surface area (Å²) in [6.45, 7) is 4.82. The molecule has 0 radical (unpaired) electrons. The zero-order chi connectivity index (χ0) is 35.4. The number of unbranched alkanes of at least 4 members (excludes halogenated alkanes) is 1. The van der Waals surface area contributed by atoms with E-state index in [0.717, 1.165) is 11.1 Å². The SMILES string of the molecule is CC(C)(C)OC(=O)NCCCCC(N)C(=O)NC(CCC(=O)NCC(=O)OCc1ccccc1)C(=O)NCC(=O)OCc1ccccc1. The maximum Gasteiger partial charge on any atom is 0.407 e. The number of hydrogen-bond acceptors (Lipinski definition) is 10. The van der Waals surface area contributed by atoms with Crippen LogP contribution in [0.4, 0.5) is 4.79 Å². The van der Waals surface area contributed by atoms with E-state index in [1.165, 1.54) is 0 Å². The second-order valence-corrected chi connectivity index (χ2v) is 11.9. The number of hydrogen-bond donors (Lipinski definition) is 5. The van der Waals surface area contributed by atoms with Crippen molar-refractivity contribution in [3.63, 3.8) is 0 Å². The Morgan fingerprint density at radius 2 is 1.25 bits per heavy atom. The Morgan fingerprint density at radius 1 is 0.708 bits per heavy atom. The Balaban J connectivity index is 1.85. The van der Waals surface area contributed by atoms with Crippen LogP contribution in [0.15, 0.2) is 60.7 Å². The van der Waals surface area contributed by atoms with Gasteiger partial charge >= 0.3 is 18.0 Å². The van der Waals surface area contributed by atoms with Crippen LogP contribution in [0, 0.1) is 0 Å². The van der Waals surface area contributed by atoms with Crippen LogP contribution in [0.2, 0.25) is 0 Å². The van der Waals surface area contributed by atoms with E-state index < -0.39 is 60.0 Å². The average Bonchev–Trinajstić information content (AvgIpc) is 3.05. The molecule has 0 aliphatic carbocycles. The van der Waals surface area contributed by atoms with Crippen LogP contribution in [0.3, 0.4) is 0 Å². The lowest BCUT2D eigenvalue weighted by Gasteiger charge is -2.21. The molecule has 0 spiro atoms. The lowest BCUT2D eigenvalue weighted by Crippen LogP contribution is -2.52. The summed E-state index contributed by atoms with van der Waals surface area (Å²) in [4.78, 5) is 74.4. The van der Waals surface area contributed by atoms with Crippen molar-refractivity contribution in [3.05, 3.63) is 71.8 Å². The molecule has 2 aromatic carbocycles. The predicted octanol–water partition coefficient (Wildman–Crippen LogP) is 1.99. The van der Waals surface area contributed by atoms with E-state index in [9.17, 15) is 28.8 Å². The fourth-order valence-corrected chi connectivity index (χ4v) is 4.07. The summed E-state index contributed by atoms with van der Waals surface area (Å²) in [5.41, 5.74) is 7.00. The summed E-state index contributed by atoms with van der Waals surface area (Å²) in [6, 6.07) is 15.8. The van der Waals surface area contributed by atoms with Crippen LogP contribution >= 0.6 is 0 Å². The van der Waals surface area contributed by atoms with Crippen molar-refractivity contribution in [3.8, 4) is 0 Å². The van der Waals surface area contributed by atoms with Gasteiger partial charge in [-0.2, -0.15) is 0 Å². The Labute approximate surface area is 280 Å². The van der Waals surface area contributed by atoms with Crippen LogP contribution in [0.1, 0.15) is 64.0 Å². The number of nitrogens with two attached hydrogens (primary N) is 1. The Morgan fingerprint density at radius 3 is 1.79 bits per heavy atom. The van der Waals surface area contributed by atoms with E-state index in [1.54, 1.807) is 57.2 Å². The van der Waals surface area contributed by atoms with Crippen LogP contribution in [-0.2, 0) is 51.4 Å². The van der Waals surface area contributed by atoms with Crippen molar-refractivity contribution in [2.45, 2.75) is 83.8 Å². The molecule has 0 bridgehead atoms. The predicted molar refractivity (Wildman–Crippen MR) is 176 cm³/mol. The molecular weight excluding hydrogens is 622 g/mol. The van der Waals surface area contributed by atoms with Gasteiger partial charge in [0.2, 0.25) is 17.7 Å². The quantitative estimate of drug-likeness (QED) is 0.0836. The minimum absolute atomic E-state index is 0.0197. The molecule has 0 fully saturated rings. The largest absolute Gasteiger partial charge is 0.460 e. The van der Waals surface area contributed by atoms with Gasteiger partial charge in [0, 0.05) is 13.0 Å². The van der Waals surface area contributed by atoms with Gasteiger partial charge in [0.15, 0.2) is 0 Å². The molecule has 14 heteroatoms. The van der Waals surface area contributed by atoms with Gasteiger partial charge in [0.1, 0.15) is 37.9 Å². The molecule has 2 aromatic rings. The van der Waals surface area contributed by atoms with E-state index in [-0.39, 0.29) is 39.0 Å². The molecule has 0 saturated heterocycles. The van der Waals surface area contributed by atoms with Gasteiger partial charge in [-0.25, -0.2) is 4.79 Å². The molecular formula is C34H47N5O9. The Hall–Kier alpha value is -4.98. The van der Waals surface area contributed by atoms with Crippen molar-refractivity contribution in [2.24, 2.45) is 5.73 Å². The van der Waals surface area contributed by atoms with Crippen LogP contribution < -0.4 is 27.0 Å². The first kappa shape index (κ1) is 39.2. The summed E-state index contributed by atoms with van der Waals surface area (Å²) < 4.78 is 15.5. The van der Waals surface area contributed by atoms with Crippen molar-refractivity contribution in [1.82, 2.24) is 21.3 Å². The van der Waals surface area contributed by atoms with Crippen molar-refractivity contribution in [1.29, 1.82) is 0 Å². The third-order valence-corrected chi connectivity index (χ3v) is 6.56. The minimum atomic E-state index is -1.21. The van der Waals surface area contributed by atoms with E-state index >= 15 is 0 Å². The van der Waals surface area contributed by atoms with Gasteiger partial charge in [-0.15, -0.1) is 0 Å². The van der Waals surface area contributed by atoms with E-state index in [2.05, 4.69) is 21.3 Å². The summed E-state index contributed by atoms with van der Waals surface area (Å²) >= 11 is 0. The molecule has 0 aromatic heterocycles. The van der Waals surface area contributed by atoms with E-state index in [4.69, 9.17) is 19.9 Å². The number of carbonyl (C=O) groups excluding carboxylic acids is 6. The number of carbonyl (C=O) groups is 6. The first-order chi connectivity index (χ1) is 22.8. The molecule has 6 N–H and O–H groups in total. The number of amides is 4. The normalized spacial score (nSPS) is 12.1. The van der Waals surface area contributed by atoms with Crippen molar-refractivity contribution >= 4 is 35.8 Å². The van der Waals surface area contributed by atoms with Crippen LogP contribution in [-0.4, -0.2) is 73.1 Å². The number of rotatable bonds is 19. The first-order valence-electron chi connectivity index (χ1n) is 15.8. The van der Waals surface area contributed by atoms with E-state index in [1.807, 2.05) is 24.3 Å². The van der Waals surface area contributed by atoms with Crippen LogP contribution in [0.5, 0.6) is 0 Å². The van der Waals surface area contributed by atoms with Gasteiger partial charge in [-0.1, -0.05) is 60.7 Å². The van der Waals surface area contributed by atoms with E-state index in [0.29, 0.717) is 19.4 Å². The second-order valence-electron chi connectivity index (χ2n) is 11.9. The zero-order valence-electron chi connectivity index (χ0n) is 27.8.